The van der Waals surface area contributed by atoms with Crippen LogP contribution in [0.15, 0.2) is 18.2 Å². The summed E-state index contributed by atoms with van der Waals surface area (Å²) in [5, 5.41) is 0. The molecule has 1 fully saturated rings. The summed E-state index contributed by atoms with van der Waals surface area (Å²) in [4.78, 5) is 0. The lowest BCUT2D eigenvalue weighted by Crippen LogP contribution is -1.89. The second-order valence-electron chi connectivity index (χ2n) is 3.56. The summed E-state index contributed by atoms with van der Waals surface area (Å²) < 4.78 is 13.3. The molecule has 13 heavy (non-hydrogen) atoms. The van der Waals surface area contributed by atoms with Crippen LogP contribution in [0.5, 0.6) is 0 Å². The van der Waals surface area contributed by atoms with Gasteiger partial charge in [-0.1, -0.05) is 12.1 Å². The van der Waals surface area contributed by atoms with E-state index in [4.69, 9.17) is 0 Å². The normalized spacial score (nSPS) is 16.2. The van der Waals surface area contributed by atoms with Crippen molar-refractivity contribution in [3.05, 3.63) is 35.1 Å². The van der Waals surface area contributed by atoms with Crippen LogP contribution in [-0.2, 0) is 5.75 Å². The van der Waals surface area contributed by atoms with E-state index in [1.165, 1.54) is 18.4 Å². The van der Waals surface area contributed by atoms with E-state index in [2.05, 4.69) is 6.26 Å². The quantitative estimate of drug-likeness (QED) is 0.712. The summed E-state index contributed by atoms with van der Waals surface area (Å²) in [5.41, 5.74) is 2.18. The van der Waals surface area contributed by atoms with E-state index in [0.29, 0.717) is 5.92 Å². The van der Waals surface area contributed by atoms with Crippen LogP contribution in [0.25, 0.3) is 0 Å². The monoisotopic (exact) mass is 196 g/mol. The van der Waals surface area contributed by atoms with Crippen LogP contribution >= 0.6 is 11.8 Å². The Labute approximate surface area is 82.5 Å². The van der Waals surface area contributed by atoms with E-state index in [-0.39, 0.29) is 5.82 Å². The summed E-state index contributed by atoms with van der Waals surface area (Å²) in [6, 6.07) is 5.53. The fourth-order valence-corrected chi connectivity index (χ4v) is 2.07. The minimum Gasteiger partial charge on any atom is -0.207 e. The Balaban J connectivity index is 2.25. The van der Waals surface area contributed by atoms with Crippen molar-refractivity contribution in [3.63, 3.8) is 0 Å². The third kappa shape index (κ3) is 2.05. The maximum Gasteiger partial charge on any atom is 0.126 e. The lowest BCUT2D eigenvalue weighted by molar-refractivity contribution is 0.610. The van der Waals surface area contributed by atoms with Gasteiger partial charge in [-0.2, -0.15) is 11.8 Å². The van der Waals surface area contributed by atoms with Crippen LogP contribution < -0.4 is 0 Å². The molecule has 1 aromatic rings. The van der Waals surface area contributed by atoms with Crippen LogP contribution in [0.2, 0.25) is 0 Å². The van der Waals surface area contributed by atoms with Crippen molar-refractivity contribution in [1.29, 1.82) is 0 Å². The molecule has 1 aliphatic carbocycles. The van der Waals surface area contributed by atoms with E-state index >= 15 is 0 Å². The largest absolute Gasteiger partial charge is 0.207 e. The Kier molecular flexibility index (Phi) is 2.58. The van der Waals surface area contributed by atoms with Crippen molar-refractivity contribution in [2.45, 2.75) is 24.5 Å². The zero-order valence-corrected chi connectivity index (χ0v) is 8.53. The molecule has 0 aliphatic heterocycles. The number of hydrogen-bond acceptors (Lipinski definition) is 1. The molecule has 0 aromatic heterocycles. The molecule has 1 aliphatic rings. The molecule has 1 saturated carbocycles. The Morgan fingerprint density at radius 3 is 2.85 bits per heavy atom. The molecular formula is C11H13FS. The smallest absolute Gasteiger partial charge is 0.126 e. The van der Waals surface area contributed by atoms with Gasteiger partial charge >= 0.3 is 0 Å². The fraction of sp³-hybridized carbons (Fsp3) is 0.455. The predicted molar refractivity (Wildman–Crippen MR) is 55.6 cm³/mol. The minimum atomic E-state index is -0.0210. The maximum atomic E-state index is 13.3. The Morgan fingerprint density at radius 1 is 1.46 bits per heavy atom. The molecule has 0 N–H and O–H groups in total. The van der Waals surface area contributed by atoms with Gasteiger partial charge in [0.05, 0.1) is 0 Å². The van der Waals surface area contributed by atoms with Gasteiger partial charge in [-0.25, -0.2) is 4.39 Å². The van der Waals surface area contributed by atoms with Gasteiger partial charge < -0.3 is 0 Å². The van der Waals surface area contributed by atoms with E-state index in [1.54, 1.807) is 17.8 Å². The first kappa shape index (κ1) is 9.07. The number of rotatable bonds is 3. The summed E-state index contributed by atoms with van der Waals surface area (Å²) in [5.74, 6) is 1.48. The highest BCUT2D eigenvalue weighted by Gasteiger charge is 2.26. The standard InChI is InChI=1S/C11H13FS/c1-13-7-8-2-5-11(12)10(6-8)9-3-4-9/h2,5-6,9H,3-4,7H2,1H3. The molecule has 0 atom stereocenters. The predicted octanol–water partition coefficient (Wildman–Crippen LogP) is 3.57. The maximum absolute atomic E-state index is 13.3. The van der Waals surface area contributed by atoms with Crippen LogP contribution in [-0.4, -0.2) is 6.26 Å². The molecule has 0 bridgehead atoms. The number of benzene rings is 1. The summed E-state index contributed by atoms with van der Waals surface area (Å²) >= 11 is 1.78. The molecule has 0 radical (unpaired) electrons. The molecule has 2 rings (SSSR count). The highest BCUT2D eigenvalue weighted by molar-refractivity contribution is 7.97. The van der Waals surface area contributed by atoms with Gasteiger partial charge in [-0.3, -0.25) is 0 Å². The van der Waals surface area contributed by atoms with Crippen molar-refractivity contribution >= 4 is 11.8 Å². The van der Waals surface area contributed by atoms with Gasteiger partial charge in [0.2, 0.25) is 0 Å². The van der Waals surface area contributed by atoms with Gasteiger partial charge in [0, 0.05) is 5.75 Å². The molecule has 0 nitrogen and oxygen atoms in total. The van der Waals surface area contributed by atoms with Crippen molar-refractivity contribution in [1.82, 2.24) is 0 Å². The van der Waals surface area contributed by atoms with E-state index in [0.717, 1.165) is 11.3 Å². The number of halogens is 1. The third-order valence-electron chi connectivity index (χ3n) is 2.39. The van der Waals surface area contributed by atoms with Crippen molar-refractivity contribution in [3.8, 4) is 0 Å². The molecule has 0 amide bonds. The first-order valence-electron chi connectivity index (χ1n) is 4.58. The molecule has 2 heteroatoms. The average molecular weight is 196 g/mol. The highest BCUT2D eigenvalue weighted by Crippen LogP contribution is 2.41. The zero-order valence-electron chi connectivity index (χ0n) is 7.72. The van der Waals surface area contributed by atoms with Gasteiger partial charge in [0.15, 0.2) is 0 Å². The molecule has 0 unspecified atom stereocenters. The molecule has 0 saturated heterocycles. The first-order valence-corrected chi connectivity index (χ1v) is 5.98. The Hall–Kier alpha value is -0.500. The van der Waals surface area contributed by atoms with Crippen molar-refractivity contribution < 1.29 is 4.39 Å². The van der Waals surface area contributed by atoms with Gasteiger partial charge in [0.1, 0.15) is 5.82 Å². The third-order valence-corrected chi connectivity index (χ3v) is 3.01. The molecule has 0 spiro atoms. The van der Waals surface area contributed by atoms with Crippen LogP contribution in [0.4, 0.5) is 4.39 Å². The van der Waals surface area contributed by atoms with E-state index in [9.17, 15) is 4.39 Å². The number of thioether (sulfide) groups is 1. The van der Waals surface area contributed by atoms with Crippen LogP contribution in [0, 0.1) is 5.82 Å². The van der Waals surface area contributed by atoms with Crippen molar-refractivity contribution in [2.75, 3.05) is 6.26 Å². The summed E-state index contributed by atoms with van der Waals surface area (Å²) in [7, 11) is 0. The van der Waals surface area contributed by atoms with Crippen LogP contribution in [0.1, 0.15) is 29.9 Å². The minimum absolute atomic E-state index is 0.0210. The second kappa shape index (κ2) is 3.70. The summed E-state index contributed by atoms with van der Waals surface area (Å²) in [6.45, 7) is 0. The topological polar surface area (TPSA) is 0 Å². The summed E-state index contributed by atoms with van der Waals surface area (Å²) in [6.07, 6.45) is 4.40. The SMILES string of the molecule is CSCc1ccc(F)c(C2CC2)c1. The highest BCUT2D eigenvalue weighted by atomic mass is 32.2. The van der Waals surface area contributed by atoms with Gasteiger partial charge in [-0.05, 0) is 42.2 Å². The average Bonchev–Trinajstić information content (AvgIpc) is 2.92. The van der Waals surface area contributed by atoms with E-state index in [1.807, 2.05) is 12.1 Å². The zero-order chi connectivity index (χ0) is 9.26. The van der Waals surface area contributed by atoms with E-state index < -0.39 is 0 Å². The lowest BCUT2D eigenvalue weighted by Gasteiger charge is -2.04. The van der Waals surface area contributed by atoms with Crippen LogP contribution in [0.3, 0.4) is 0 Å². The second-order valence-corrected chi connectivity index (χ2v) is 4.43. The molecule has 1 aromatic carbocycles. The Morgan fingerprint density at radius 2 is 2.23 bits per heavy atom. The van der Waals surface area contributed by atoms with Gasteiger partial charge in [-0.15, -0.1) is 0 Å². The van der Waals surface area contributed by atoms with Crippen molar-refractivity contribution in [2.24, 2.45) is 0 Å². The molecular weight excluding hydrogens is 183 g/mol. The van der Waals surface area contributed by atoms with Gasteiger partial charge in [0.25, 0.3) is 0 Å². The molecule has 0 heterocycles. The number of hydrogen-bond donors (Lipinski definition) is 0. The fourth-order valence-electron chi connectivity index (χ4n) is 1.56. The first-order chi connectivity index (χ1) is 6.31. The molecule has 70 valence electrons. The Bertz CT molecular complexity index is 305. The lowest BCUT2D eigenvalue weighted by atomic mass is 10.1.